The fourth-order valence-electron chi connectivity index (χ4n) is 1.41. The zero-order chi connectivity index (χ0) is 10.3. The van der Waals surface area contributed by atoms with Crippen molar-refractivity contribution in [3.8, 4) is 6.07 Å². The highest BCUT2D eigenvalue weighted by molar-refractivity contribution is 9.10. The van der Waals surface area contributed by atoms with Crippen molar-refractivity contribution in [3.63, 3.8) is 0 Å². The number of fused-ring (bicyclic) bond motifs is 1. The van der Waals surface area contributed by atoms with E-state index in [4.69, 9.17) is 5.26 Å². The maximum absolute atomic E-state index is 8.94. The third kappa shape index (κ3) is 1.21. The Balaban J connectivity index is 2.91. The highest BCUT2D eigenvalue weighted by atomic mass is 79.9. The van der Waals surface area contributed by atoms with E-state index < -0.39 is 0 Å². The van der Waals surface area contributed by atoms with Gasteiger partial charge in [-0.1, -0.05) is 0 Å². The van der Waals surface area contributed by atoms with Gasteiger partial charge in [0, 0.05) is 10.7 Å². The lowest BCUT2D eigenvalue weighted by Crippen LogP contribution is -1.90. The molecule has 2 heterocycles. The zero-order valence-electron chi connectivity index (χ0n) is 7.87. The monoisotopic (exact) mass is 249 g/mol. The van der Waals surface area contributed by atoms with Crippen LogP contribution >= 0.6 is 15.9 Å². The highest BCUT2D eigenvalue weighted by Gasteiger charge is 2.08. The minimum absolute atomic E-state index is 0.598. The van der Waals surface area contributed by atoms with Crippen LogP contribution in [0, 0.1) is 25.2 Å². The first-order valence-electron chi connectivity index (χ1n) is 4.18. The molecule has 0 atom stereocenters. The van der Waals surface area contributed by atoms with Gasteiger partial charge in [-0.05, 0) is 41.4 Å². The maximum atomic E-state index is 8.94. The third-order valence-corrected chi connectivity index (χ3v) is 3.01. The number of imidazole rings is 1. The molecule has 2 aromatic rings. The molecule has 0 bridgehead atoms. The minimum atomic E-state index is 0.598. The number of rotatable bonds is 0. The number of pyridine rings is 1. The van der Waals surface area contributed by atoms with E-state index in [9.17, 15) is 0 Å². The van der Waals surface area contributed by atoms with Crippen LogP contribution in [-0.4, -0.2) is 9.38 Å². The smallest absolute Gasteiger partial charge is 0.147 e. The van der Waals surface area contributed by atoms with Gasteiger partial charge in [0.25, 0.3) is 0 Å². The quantitative estimate of drug-likeness (QED) is 0.721. The summed E-state index contributed by atoms with van der Waals surface area (Å²) in [5.74, 6) is 0. The first-order chi connectivity index (χ1) is 6.63. The summed E-state index contributed by atoms with van der Waals surface area (Å²) in [4.78, 5) is 4.31. The first-order valence-corrected chi connectivity index (χ1v) is 4.97. The van der Waals surface area contributed by atoms with Crippen LogP contribution in [0.3, 0.4) is 0 Å². The fourth-order valence-corrected chi connectivity index (χ4v) is 1.73. The van der Waals surface area contributed by atoms with Crippen molar-refractivity contribution in [2.75, 3.05) is 0 Å². The van der Waals surface area contributed by atoms with Crippen LogP contribution in [-0.2, 0) is 0 Å². The average molecular weight is 250 g/mol. The lowest BCUT2D eigenvalue weighted by molar-refractivity contribution is 1.12. The Kier molecular flexibility index (Phi) is 2.05. The summed E-state index contributed by atoms with van der Waals surface area (Å²) in [5, 5.41) is 8.94. The van der Waals surface area contributed by atoms with E-state index in [1.165, 1.54) is 0 Å². The number of hydrogen-bond acceptors (Lipinski definition) is 2. The maximum Gasteiger partial charge on any atom is 0.147 e. The molecule has 4 heteroatoms. The van der Waals surface area contributed by atoms with Crippen molar-refractivity contribution in [3.05, 3.63) is 33.7 Å². The van der Waals surface area contributed by atoms with Crippen molar-refractivity contribution < 1.29 is 0 Å². The van der Waals surface area contributed by atoms with E-state index in [-0.39, 0.29) is 0 Å². The topological polar surface area (TPSA) is 41.1 Å². The zero-order valence-corrected chi connectivity index (χ0v) is 9.46. The standard InChI is InChI=1S/C10H8BrN3/c1-6-3-10-13-7(2)9(4-12)14(10)5-8(6)11/h3,5H,1-2H3. The molecule has 0 unspecified atom stereocenters. The molecule has 0 aliphatic heterocycles. The van der Waals surface area contributed by atoms with Crippen molar-refractivity contribution in [1.29, 1.82) is 5.26 Å². The van der Waals surface area contributed by atoms with Gasteiger partial charge in [-0.25, -0.2) is 4.98 Å². The van der Waals surface area contributed by atoms with Crippen LogP contribution < -0.4 is 0 Å². The van der Waals surface area contributed by atoms with E-state index in [2.05, 4.69) is 27.0 Å². The van der Waals surface area contributed by atoms with Crippen LogP contribution in [0.4, 0.5) is 0 Å². The number of aryl methyl sites for hydroxylation is 2. The highest BCUT2D eigenvalue weighted by Crippen LogP contribution is 2.20. The Morgan fingerprint density at radius 3 is 2.86 bits per heavy atom. The van der Waals surface area contributed by atoms with E-state index in [1.807, 2.05) is 26.1 Å². The normalized spacial score (nSPS) is 10.4. The van der Waals surface area contributed by atoms with Crippen LogP contribution in [0.5, 0.6) is 0 Å². The number of nitrogens with zero attached hydrogens (tertiary/aromatic N) is 3. The first kappa shape index (κ1) is 9.22. The molecule has 0 aliphatic rings. The van der Waals surface area contributed by atoms with Gasteiger partial charge in [-0.3, -0.25) is 4.40 Å². The number of hydrogen-bond donors (Lipinski definition) is 0. The Morgan fingerprint density at radius 1 is 1.50 bits per heavy atom. The summed E-state index contributed by atoms with van der Waals surface area (Å²) in [5.41, 5.74) is 3.30. The number of halogens is 1. The van der Waals surface area contributed by atoms with Crippen LogP contribution in [0.15, 0.2) is 16.7 Å². The van der Waals surface area contributed by atoms with Crippen molar-refractivity contribution in [2.24, 2.45) is 0 Å². The summed E-state index contributed by atoms with van der Waals surface area (Å²) in [6.07, 6.45) is 1.88. The predicted octanol–water partition coefficient (Wildman–Crippen LogP) is 2.59. The van der Waals surface area contributed by atoms with Gasteiger partial charge in [-0.15, -0.1) is 0 Å². The molecular formula is C10H8BrN3. The van der Waals surface area contributed by atoms with Crippen molar-refractivity contribution >= 4 is 21.6 Å². The van der Waals surface area contributed by atoms with Gasteiger partial charge in [0.2, 0.25) is 0 Å². The second-order valence-corrected chi connectivity index (χ2v) is 4.04. The van der Waals surface area contributed by atoms with Gasteiger partial charge < -0.3 is 0 Å². The van der Waals surface area contributed by atoms with E-state index in [1.54, 1.807) is 4.40 Å². The molecule has 0 aromatic carbocycles. The summed E-state index contributed by atoms with van der Waals surface area (Å²) in [7, 11) is 0. The number of aromatic nitrogens is 2. The molecule has 0 spiro atoms. The number of nitriles is 1. The summed E-state index contributed by atoms with van der Waals surface area (Å²) in [6.45, 7) is 3.84. The van der Waals surface area contributed by atoms with Crippen molar-refractivity contribution in [1.82, 2.24) is 9.38 Å². The lowest BCUT2D eigenvalue weighted by Gasteiger charge is -1.99. The van der Waals surface area contributed by atoms with Gasteiger partial charge in [-0.2, -0.15) is 5.26 Å². The molecule has 0 N–H and O–H groups in total. The molecule has 0 fully saturated rings. The molecule has 70 valence electrons. The van der Waals surface area contributed by atoms with Crippen LogP contribution in [0.25, 0.3) is 5.65 Å². The van der Waals surface area contributed by atoms with E-state index >= 15 is 0 Å². The SMILES string of the molecule is Cc1cc2nc(C)c(C#N)n2cc1Br. The van der Waals surface area contributed by atoms with E-state index in [0.29, 0.717) is 5.69 Å². The van der Waals surface area contributed by atoms with Crippen LogP contribution in [0.2, 0.25) is 0 Å². The summed E-state index contributed by atoms with van der Waals surface area (Å²) < 4.78 is 2.78. The van der Waals surface area contributed by atoms with Crippen molar-refractivity contribution in [2.45, 2.75) is 13.8 Å². The van der Waals surface area contributed by atoms with Gasteiger partial charge in [0.05, 0.1) is 5.69 Å². The molecule has 0 saturated heterocycles. The molecule has 0 amide bonds. The molecule has 0 aliphatic carbocycles. The minimum Gasteiger partial charge on any atom is -0.290 e. The molecular weight excluding hydrogens is 242 g/mol. The second-order valence-electron chi connectivity index (χ2n) is 3.19. The predicted molar refractivity (Wildman–Crippen MR) is 57.1 cm³/mol. The molecule has 0 saturated carbocycles. The van der Waals surface area contributed by atoms with E-state index in [0.717, 1.165) is 21.4 Å². The lowest BCUT2D eigenvalue weighted by atomic mass is 10.3. The third-order valence-electron chi connectivity index (χ3n) is 2.18. The van der Waals surface area contributed by atoms with Crippen LogP contribution in [0.1, 0.15) is 17.0 Å². The van der Waals surface area contributed by atoms with Gasteiger partial charge in [0.15, 0.2) is 0 Å². The Hall–Kier alpha value is -1.34. The average Bonchev–Trinajstić information content (AvgIpc) is 2.42. The second kappa shape index (κ2) is 3.10. The summed E-state index contributed by atoms with van der Waals surface area (Å²) in [6, 6.07) is 4.10. The molecule has 2 aromatic heterocycles. The molecule has 0 radical (unpaired) electrons. The molecule has 3 nitrogen and oxygen atoms in total. The van der Waals surface area contributed by atoms with Gasteiger partial charge in [0.1, 0.15) is 17.4 Å². The largest absolute Gasteiger partial charge is 0.290 e. The molecule has 14 heavy (non-hydrogen) atoms. The summed E-state index contributed by atoms with van der Waals surface area (Å²) >= 11 is 3.43. The Bertz CT molecular complexity index is 548. The molecule has 2 rings (SSSR count). The van der Waals surface area contributed by atoms with Gasteiger partial charge >= 0.3 is 0 Å². The fraction of sp³-hybridized carbons (Fsp3) is 0.200. The Labute approximate surface area is 90.1 Å². The Morgan fingerprint density at radius 2 is 2.21 bits per heavy atom.